The molecule has 0 bridgehead atoms. The maximum Gasteiger partial charge on any atom is 0.253 e. The highest BCUT2D eigenvalue weighted by Crippen LogP contribution is 2.22. The van der Waals surface area contributed by atoms with E-state index < -0.39 is 0 Å². The number of halogens is 1. The topological polar surface area (TPSA) is 62.3 Å². The molecule has 0 fully saturated rings. The lowest BCUT2D eigenvalue weighted by Crippen LogP contribution is -2.38. The lowest BCUT2D eigenvalue weighted by atomic mass is 10.1. The summed E-state index contributed by atoms with van der Waals surface area (Å²) in [7, 11) is 3.29. The third kappa shape index (κ3) is 4.57. The van der Waals surface area contributed by atoms with Crippen LogP contribution in [0.3, 0.4) is 0 Å². The Morgan fingerprint density at radius 1 is 1.20 bits per heavy atom. The number of nitrogens with one attached hydrogen (secondary N) is 1. The van der Waals surface area contributed by atoms with Crippen LogP contribution in [-0.2, 0) is 4.79 Å². The highest BCUT2D eigenvalue weighted by atomic mass is 35.5. The van der Waals surface area contributed by atoms with E-state index in [1.165, 1.54) is 0 Å². The maximum absolute atomic E-state index is 12.6. The summed E-state index contributed by atoms with van der Waals surface area (Å²) in [6.07, 6.45) is 0.269. The Bertz CT molecular complexity index is 775. The lowest BCUT2D eigenvalue weighted by Gasteiger charge is -2.24. The number of pyridine rings is 1. The van der Waals surface area contributed by atoms with E-state index in [0.29, 0.717) is 10.6 Å². The van der Waals surface area contributed by atoms with Crippen molar-refractivity contribution in [1.82, 2.24) is 15.2 Å². The molecule has 0 aliphatic carbocycles. The molecule has 1 heterocycles. The van der Waals surface area contributed by atoms with Crippen LogP contribution in [0.15, 0.2) is 36.4 Å². The van der Waals surface area contributed by atoms with Crippen molar-refractivity contribution in [2.24, 2.45) is 0 Å². The minimum atomic E-state index is -0.187. The SMILES string of the molecule is CNC(=O)CC(C)N(C)C(=O)c1ccc(-c2ccc(Cl)c(C)n2)cc1. The molecule has 1 aromatic carbocycles. The van der Waals surface area contributed by atoms with Crippen LogP contribution in [0.4, 0.5) is 0 Å². The molecule has 25 heavy (non-hydrogen) atoms. The molecule has 5 nitrogen and oxygen atoms in total. The van der Waals surface area contributed by atoms with Gasteiger partial charge in [-0.15, -0.1) is 0 Å². The number of amides is 2. The summed E-state index contributed by atoms with van der Waals surface area (Å²) in [6.45, 7) is 3.70. The van der Waals surface area contributed by atoms with E-state index in [1.807, 2.05) is 38.1 Å². The highest BCUT2D eigenvalue weighted by molar-refractivity contribution is 6.31. The number of rotatable bonds is 5. The molecule has 2 rings (SSSR count). The van der Waals surface area contributed by atoms with E-state index in [4.69, 9.17) is 11.6 Å². The summed E-state index contributed by atoms with van der Waals surface area (Å²) >= 11 is 6.00. The smallest absolute Gasteiger partial charge is 0.253 e. The fraction of sp³-hybridized carbons (Fsp3) is 0.316. The first-order valence-corrected chi connectivity index (χ1v) is 8.42. The van der Waals surface area contributed by atoms with Crippen LogP contribution in [-0.4, -0.2) is 41.8 Å². The first kappa shape index (κ1) is 18.9. The van der Waals surface area contributed by atoms with Gasteiger partial charge in [0.25, 0.3) is 5.91 Å². The predicted molar refractivity (Wildman–Crippen MR) is 99.7 cm³/mol. The van der Waals surface area contributed by atoms with Crippen LogP contribution < -0.4 is 5.32 Å². The van der Waals surface area contributed by atoms with Gasteiger partial charge in [0.1, 0.15) is 0 Å². The van der Waals surface area contributed by atoms with Crippen molar-refractivity contribution in [3.63, 3.8) is 0 Å². The third-order valence-corrected chi connectivity index (χ3v) is 4.59. The summed E-state index contributed by atoms with van der Waals surface area (Å²) in [5.41, 5.74) is 3.06. The van der Waals surface area contributed by atoms with Crippen LogP contribution in [0.5, 0.6) is 0 Å². The second kappa shape index (κ2) is 8.12. The van der Waals surface area contributed by atoms with Crippen LogP contribution in [0.2, 0.25) is 5.02 Å². The van der Waals surface area contributed by atoms with E-state index in [9.17, 15) is 9.59 Å². The maximum atomic E-state index is 12.6. The third-order valence-electron chi connectivity index (χ3n) is 4.19. The van der Waals surface area contributed by atoms with Crippen LogP contribution in [0.1, 0.15) is 29.4 Å². The number of hydrogen-bond acceptors (Lipinski definition) is 3. The number of benzene rings is 1. The van der Waals surface area contributed by atoms with Crippen LogP contribution in [0.25, 0.3) is 11.3 Å². The number of nitrogens with zero attached hydrogens (tertiary/aromatic N) is 2. The van der Waals surface area contributed by atoms with E-state index >= 15 is 0 Å². The minimum absolute atomic E-state index is 0.0910. The molecule has 0 aliphatic rings. The molecule has 6 heteroatoms. The molecule has 0 saturated carbocycles. The van der Waals surface area contributed by atoms with E-state index in [2.05, 4.69) is 10.3 Å². The fourth-order valence-corrected chi connectivity index (χ4v) is 2.50. The van der Waals surface area contributed by atoms with E-state index in [0.717, 1.165) is 17.0 Å². The fourth-order valence-electron chi connectivity index (χ4n) is 2.40. The second-order valence-electron chi connectivity index (χ2n) is 5.98. The number of carbonyl (C=O) groups excluding carboxylic acids is 2. The second-order valence-corrected chi connectivity index (χ2v) is 6.39. The monoisotopic (exact) mass is 359 g/mol. The quantitative estimate of drug-likeness (QED) is 0.890. The predicted octanol–water partition coefficient (Wildman–Crippen LogP) is 3.31. The van der Waals surface area contributed by atoms with Gasteiger partial charge in [0, 0.05) is 37.7 Å². The summed E-state index contributed by atoms with van der Waals surface area (Å²) in [4.78, 5) is 30.1. The molecule has 0 radical (unpaired) electrons. The summed E-state index contributed by atoms with van der Waals surface area (Å²) in [5.74, 6) is -0.213. The van der Waals surface area contributed by atoms with Crippen LogP contribution >= 0.6 is 11.6 Å². The highest BCUT2D eigenvalue weighted by Gasteiger charge is 2.19. The van der Waals surface area contributed by atoms with Gasteiger partial charge < -0.3 is 10.2 Å². The van der Waals surface area contributed by atoms with Gasteiger partial charge in [-0.05, 0) is 38.1 Å². The Hall–Kier alpha value is -2.40. The standard InChI is InChI=1S/C19H22ClN3O2/c1-12(11-18(24)21-3)23(4)19(25)15-7-5-14(6-8-15)17-10-9-16(20)13(2)22-17/h5-10,12H,11H2,1-4H3,(H,21,24). The molecule has 0 spiro atoms. The summed E-state index contributed by atoms with van der Waals surface area (Å²) in [5, 5.41) is 3.20. The molecule has 1 aromatic heterocycles. The Labute approximate surface area is 153 Å². The van der Waals surface area contributed by atoms with Crippen molar-refractivity contribution in [1.29, 1.82) is 0 Å². The number of hydrogen-bond donors (Lipinski definition) is 1. The molecule has 1 N–H and O–H groups in total. The lowest BCUT2D eigenvalue weighted by molar-refractivity contribution is -0.121. The van der Waals surface area contributed by atoms with Crippen molar-refractivity contribution in [3.05, 3.63) is 52.7 Å². The van der Waals surface area contributed by atoms with Gasteiger partial charge in [-0.25, -0.2) is 0 Å². The zero-order chi connectivity index (χ0) is 18.6. The first-order chi connectivity index (χ1) is 11.8. The largest absolute Gasteiger partial charge is 0.359 e. The van der Waals surface area contributed by atoms with E-state index in [-0.39, 0.29) is 24.3 Å². The van der Waals surface area contributed by atoms with Crippen molar-refractivity contribution in [2.75, 3.05) is 14.1 Å². The Kier molecular flexibility index (Phi) is 6.15. The minimum Gasteiger partial charge on any atom is -0.359 e. The molecule has 0 saturated heterocycles. The van der Waals surface area contributed by atoms with Crippen molar-refractivity contribution in [3.8, 4) is 11.3 Å². The Balaban J connectivity index is 2.14. The number of aryl methyl sites for hydroxylation is 1. The molecule has 0 aliphatic heterocycles. The summed E-state index contributed by atoms with van der Waals surface area (Å²) < 4.78 is 0. The average molecular weight is 360 g/mol. The van der Waals surface area contributed by atoms with Gasteiger partial charge in [-0.3, -0.25) is 14.6 Å². The molecular weight excluding hydrogens is 338 g/mol. The van der Waals surface area contributed by atoms with Crippen molar-refractivity contribution in [2.45, 2.75) is 26.3 Å². The Morgan fingerprint density at radius 2 is 1.84 bits per heavy atom. The molecule has 1 atom stereocenters. The molecule has 2 amide bonds. The molecule has 132 valence electrons. The zero-order valence-electron chi connectivity index (χ0n) is 14.8. The van der Waals surface area contributed by atoms with Gasteiger partial charge in [0.15, 0.2) is 0 Å². The van der Waals surface area contributed by atoms with E-state index in [1.54, 1.807) is 31.1 Å². The molecule has 1 unspecified atom stereocenters. The normalized spacial score (nSPS) is 11.7. The van der Waals surface area contributed by atoms with Crippen LogP contribution in [0, 0.1) is 6.92 Å². The molecule has 2 aromatic rings. The number of aromatic nitrogens is 1. The Morgan fingerprint density at radius 3 is 2.40 bits per heavy atom. The summed E-state index contributed by atoms with van der Waals surface area (Å²) in [6, 6.07) is 10.7. The van der Waals surface area contributed by atoms with Gasteiger partial charge in [0.05, 0.1) is 16.4 Å². The first-order valence-electron chi connectivity index (χ1n) is 8.04. The molecular formula is C19H22ClN3O2. The van der Waals surface area contributed by atoms with Crippen molar-refractivity contribution >= 4 is 23.4 Å². The number of carbonyl (C=O) groups is 2. The van der Waals surface area contributed by atoms with Crippen molar-refractivity contribution < 1.29 is 9.59 Å². The van der Waals surface area contributed by atoms with Gasteiger partial charge >= 0.3 is 0 Å². The van der Waals surface area contributed by atoms with Gasteiger partial charge in [-0.1, -0.05) is 23.7 Å². The zero-order valence-corrected chi connectivity index (χ0v) is 15.6. The average Bonchev–Trinajstić information content (AvgIpc) is 2.62. The van der Waals surface area contributed by atoms with Gasteiger partial charge in [-0.2, -0.15) is 0 Å². The van der Waals surface area contributed by atoms with Gasteiger partial charge in [0.2, 0.25) is 5.91 Å².